The molecule has 1 N–H and O–H groups in total. The van der Waals surface area contributed by atoms with E-state index in [1.54, 1.807) is 0 Å². The van der Waals surface area contributed by atoms with Crippen LogP contribution in [0.15, 0.2) is 0 Å². The normalized spacial score (nSPS) is 23.5. The molecule has 0 spiro atoms. The number of esters is 1. The van der Waals surface area contributed by atoms with Crippen LogP contribution in [0.2, 0.25) is 0 Å². The predicted molar refractivity (Wildman–Crippen MR) is 86.5 cm³/mol. The third-order valence-electron chi connectivity index (χ3n) is 4.67. The van der Waals surface area contributed by atoms with Gasteiger partial charge in [0.25, 0.3) is 0 Å². The van der Waals surface area contributed by atoms with Crippen LogP contribution in [0, 0.1) is 23.7 Å². The summed E-state index contributed by atoms with van der Waals surface area (Å²) >= 11 is 0. The summed E-state index contributed by atoms with van der Waals surface area (Å²) in [6.45, 7) is 8.50. The first kappa shape index (κ1) is 19.0. The Morgan fingerprint density at radius 2 is 1.64 bits per heavy atom. The molecule has 0 bridgehead atoms. The monoisotopic (exact) mass is 312 g/mol. The van der Waals surface area contributed by atoms with Crippen molar-refractivity contribution in [2.75, 3.05) is 0 Å². The first-order chi connectivity index (χ1) is 10.3. The summed E-state index contributed by atoms with van der Waals surface area (Å²) in [5.41, 5.74) is 0. The smallest absolute Gasteiger partial charge is 0.310 e. The number of carboxylic acids is 1. The molecule has 0 aromatic heterocycles. The minimum absolute atomic E-state index is 0.0948. The fourth-order valence-electron chi connectivity index (χ4n) is 3.20. The molecule has 1 saturated carbocycles. The van der Waals surface area contributed by atoms with Gasteiger partial charge in [-0.05, 0) is 37.5 Å². The number of hydrogen-bond acceptors (Lipinski definition) is 3. The topological polar surface area (TPSA) is 63.6 Å². The lowest BCUT2D eigenvalue weighted by atomic mass is 9.79. The van der Waals surface area contributed by atoms with Crippen LogP contribution in [-0.4, -0.2) is 23.1 Å². The van der Waals surface area contributed by atoms with E-state index < -0.39 is 17.8 Å². The molecule has 0 heterocycles. The Kier molecular flexibility index (Phi) is 7.91. The lowest BCUT2D eigenvalue weighted by Gasteiger charge is -2.30. The molecular weight excluding hydrogens is 280 g/mol. The predicted octanol–water partition coefficient (Wildman–Crippen LogP) is 4.27. The first-order valence-electron chi connectivity index (χ1n) is 8.76. The van der Waals surface area contributed by atoms with Gasteiger partial charge < -0.3 is 9.84 Å². The standard InChI is InChI=1S/C18H32O4/c1-12(2)8-7-11-16(13(3)4)22-18(21)15-10-6-5-9-14(15)17(19)20/h12-16H,5-11H2,1-4H3,(H,19,20). The molecule has 0 amide bonds. The van der Waals surface area contributed by atoms with Gasteiger partial charge in [0.2, 0.25) is 0 Å². The van der Waals surface area contributed by atoms with Gasteiger partial charge in [-0.15, -0.1) is 0 Å². The minimum atomic E-state index is -0.859. The van der Waals surface area contributed by atoms with Crippen LogP contribution in [0.4, 0.5) is 0 Å². The summed E-state index contributed by atoms with van der Waals surface area (Å²) in [5, 5.41) is 9.30. The van der Waals surface area contributed by atoms with E-state index in [1.807, 2.05) is 0 Å². The fourth-order valence-corrected chi connectivity index (χ4v) is 3.20. The van der Waals surface area contributed by atoms with Crippen molar-refractivity contribution in [3.8, 4) is 0 Å². The molecule has 0 aromatic carbocycles. The highest BCUT2D eigenvalue weighted by Gasteiger charge is 2.37. The van der Waals surface area contributed by atoms with E-state index >= 15 is 0 Å². The zero-order chi connectivity index (χ0) is 16.7. The van der Waals surface area contributed by atoms with E-state index in [1.165, 1.54) is 0 Å². The SMILES string of the molecule is CC(C)CCCC(OC(=O)C1CCCCC1C(=O)O)C(C)C. The molecule has 0 saturated heterocycles. The minimum Gasteiger partial charge on any atom is -0.481 e. The Morgan fingerprint density at radius 1 is 1.05 bits per heavy atom. The molecule has 0 aliphatic heterocycles. The molecule has 0 radical (unpaired) electrons. The Bertz CT molecular complexity index is 362. The van der Waals surface area contributed by atoms with Crippen molar-refractivity contribution in [3.05, 3.63) is 0 Å². The van der Waals surface area contributed by atoms with Gasteiger partial charge in [0, 0.05) is 0 Å². The molecule has 1 aliphatic carbocycles. The molecule has 4 nitrogen and oxygen atoms in total. The summed E-state index contributed by atoms with van der Waals surface area (Å²) in [4.78, 5) is 23.8. The van der Waals surface area contributed by atoms with E-state index in [0.29, 0.717) is 18.8 Å². The largest absolute Gasteiger partial charge is 0.481 e. The van der Waals surface area contributed by atoms with Gasteiger partial charge in [-0.3, -0.25) is 9.59 Å². The third-order valence-corrected chi connectivity index (χ3v) is 4.67. The van der Waals surface area contributed by atoms with Crippen molar-refractivity contribution >= 4 is 11.9 Å². The molecule has 4 heteroatoms. The van der Waals surface area contributed by atoms with E-state index in [2.05, 4.69) is 27.7 Å². The average molecular weight is 312 g/mol. The van der Waals surface area contributed by atoms with Gasteiger partial charge in [-0.25, -0.2) is 0 Å². The van der Waals surface area contributed by atoms with Crippen LogP contribution in [0.3, 0.4) is 0 Å². The van der Waals surface area contributed by atoms with Crippen LogP contribution in [0.25, 0.3) is 0 Å². The second-order valence-corrected chi connectivity index (χ2v) is 7.38. The molecule has 3 unspecified atom stereocenters. The van der Waals surface area contributed by atoms with Gasteiger partial charge >= 0.3 is 11.9 Å². The highest BCUT2D eigenvalue weighted by Crippen LogP contribution is 2.32. The quantitative estimate of drug-likeness (QED) is 0.680. The Balaban J connectivity index is 2.59. The highest BCUT2D eigenvalue weighted by atomic mass is 16.5. The van der Waals surface area contributed by atoms with Gasteiger partial charge in [0.05, 0.1) is 11.8 Å². The summed E-state index contributed by atoms with van der Waals surface area (Å²) in [6.07, 6.45) is 5.99. The van der Waals surface area contributed by atoms with Gasteiger partial charge in [-0.2, -0.15) is 0 Å². The molecular formula is C18H32O4. The van der Waals surface area contributed by atoms with Crippen LogP contribution in [-0.2, 0) is 14.3 Å². The van der Waals surface area contributed by atoms with E-state index in [0.717, 1.165) is 32.1 Å². The van der Waals surface area contributed by atoms with Crippen molar-refractivity contribution in [1.82, 2.24) is 0 Å². The van der Waals surface area contributed by atoms with Crippen molar-refractivity contribution in [2.45, 2.75) is 78.7 Å². The summed E-state index contributed by atoms with van der Waals surface area (Å²) in [5.74, 6) is -1.26. The molecule has 0 aromatic rings. The number of carbonyl (C=O) groups excluding carboxylic acids is 1. The van der Waals surface area contributed by atoms with Crippen LogP contribution < -0.4 is 0 Å². The number of aliphatic carboxylic acids is 1. The number of ether oxygens (including phenoxy) is 1. The van der Waals surface area contributed by atoms with Crippen LogP contribution in [0.5, 0.6) is 0 Å². The van der Waals surface area contributed by atoms with E-state index in [4.69, 9.17) is 4.74 Å². The van der Waals surface area contributed by atoms with Gasteiger partial charge in [0.1, 0.15) is 6.10 Å². The first-order valence-corrected chi connectivity index (χ1v) is 8.76. The molecule has 1 fully saturated rings. The Morgan fingerprint density at radius 3 is 2.14 bits per heavy atom. The summed E-state index contributed by atoms with van der Waals surface area (Å²) in [7, 11) is 0. The molecule has 3 atom stereocenters. The average Bonchev–Trinajstić information content (AvgIpc) is 2.45. The van der Waals surface area contributed by atoms with Crippen LogP contribution in [0.1, 0.15) is 72.6 Å². The maximum Gasteiger partial charge on any atom is 0.310 e. The second kappa shape index (κ2) is 9.16. The molecule has 22 heavy (non-hydrogen) atoms. The zero-order valence-corrected chi connectivity index (χ0v) is 14.5. The second-order valence-electron chi connectivity index (χ2n) is 7.38. The summed E-state index contributed by atoms with van der Waals surface area (Å²) < 4.78 is 5.71. The zero-order valence-electron chi connectivity index (χ0n) is 14.5. The Hall–Kier alpha value is -1.06. The molecule has 1 rings (SSSR count). The maximum atomic E-state index is 12.4. The van der Waals surface area contributed by atoms with Crippen molar-refractivity contribution in [1.29, 1.82) is 0 Å². The lowest BCUT2D eigenvalue weighted by molar-refractivity contribution is -0.165. The van der Waals surface area contributed by atoms with Gasteiger partial charge in [-0.1, -0.05) is 47.0 Å². The summed E-state index contributed by atoms with van der Waals surface area (Å²) in [6, 6.07) is 0. The lowest BCUT2D eigenvalue weighted by Crippen LogP contribution is -2.36. The number of carbonyl (C=O) groups is 2. The highest BCUT2D eigenvalue weighted by molar-refractivity contribution is 5.81. The Labute approximate surface area is 134 Å². The maximum absolute atomic E-state index is 12.4. The van der Waals surface area contributed by atoms with E-state index in [9.17, 15) is 14.7 Å². The van der Waals surface area contributed by atoms with Crippen LogP contribution >= 0.6 is 0 Å². The number of carboxylic acid groups (broad SMARTS) is 1. The number of hydrogen-bond donors (Lipinski definition) is 1. The molecule has 128 valence electrons. The third kappa shape index (κ3) is 5.98. The fraction of sp³-hybridized carbons (Fsp3) is 0.889. The van der Waals surface area contributed by atoms with Gasteiger partial charge in [0.15, 0.2) is 0 Å². The molecule has 1 aliphatic rings. The van der Waals surface area contributed by atoms with Crippen molar-refractivity contribution in [2.24, 2.45) is 23.7 Å². The van der Waals surface area contributed by atoms with E-state index in [-0.39, 0.29) is 18.0 Å². The number of rotatable bonds is 8. The van der Waals surface area contributed by atoms with Crippen molar-refractivity contribution < 1.29 is 19.4 Å². The van der Waals surface area contributed by atoms with Crippen molar-refractivity contribution in [3.63, 3.8) is 0 Å².